The number of carbonyl (C=O) groups is 1. The second kappa shape index (κ2) is 10.7. The van der Waals surface area contributed by atoms with Gasteiger partial charge in [0.1, 0.15) is 17.3 Å². The van der Waals surface area contributed by atoms with Gasteiger partial charge in [0.2, 0.25) is 0 Å². The molecular formula is C32H34FN7O3. The number of halogens is 1. The average molecular weight is 584 g/mol. The quantitative estimate of drug-likeness (QED) is 0.355. The van der Waals surface area contributed by atoms with Gasteiger partial charge in [0.25, 0.3) is 5.91 Å². The second-order valence-electron chi connectivity index (χ2n) is 11.7. The van der Waals surface area contributed by atoms with Gasteiger partial charge in [-0.1, -0.05) is 12.1 Å². The predicted molar refractivity (Wildman–Crippen MR) is 159 cm³/mol. The number of morpholine rings is 1. The van der Waals surface area contributed by atoms with Crippen molar-refractivity contribution in [2.75, 3.05) is 57.9 Å². The Kier molecular flexibility index (Phi) is 6.63. The van der Waals surface area contributed by atoms with Crippen LogP contribution in [-0.2, 0) is 28.1 Å². The lowest BCUT2D eigenvalue weighted by molar-refractivity contribution is -0.0327. The van der Waals surface area contributed by atoms with E-state index in [2.05, 4.69) is 31.5 Å². The van der Waals surface area contributed by atoms with Crippen molar-refractivity contribution < 1.29 is 18.7 Å². The largest absolute Gasteiger partial charge is 0.381 e. The molecule has 3 aromatic heterocycles. The standard InChI is InChI=1S/C32H34FN7O3/c33-21-5-8-40-27(19-34-29(40)17-21)22-1-3-25(30-23(22)18-35-31(30)41)36-28-4-2-24-26(37-28)20-39(32(24)6-13-42-14-7-32)10-9-38-11-15-43-16-12-38/h1-5,8,17,19H,6-7,9-16,18,20H2,(H,35,41)(H,36,37). The summed E-state index contributed by atoms with van der Waals surface area (Å²) < 4.78 is 26.9. The third-order valence-corrected chi connectivity index (χ3v) is 9.51. The first-order valence-corrected chi connectivity index (χ1v) is 15.1. The number of amides is 1. The Hall–Kier alpha value is -3.90. The molecule has 7 heterocycles. The summed E-state index contributed by atoms with van der Waals surface area (Å²) in [4.78, 5) is 27.6. The van der Waals surface area contributed by atoms with Crippen LogP contribution in [0.3, 0.4) is 0 Å². The molecule has 11 heteroatoms. The van der Waals surface area contributed by atoms with E-state index in [0.717, 1.165) is 100 Å². The zero-order valence-corrected chi connectivity index (χ0v) is 23.9. The summed E-state index contributed by atoms with van der Waals surface area (Å²) in [6.07, 6.45) is 5.31. The molecule has 0 unspecified atom stereocenters. The number of benzene rings is 1. The highest BCUT2D eigenvalue weighted by atomic mass is 19.1. The van der Waals surface area contributed by atoms with E-state index in [9.17, 15) is 9.18 Å². The Labute approximate surface area is 248 Å². The van der Waals surface area contributed by atoms with Crippen LogP contribution in [0.2, 0.25) is 0 Å². The maximum absolute atomic E-state index is 13.8. The number of hydrogen-bond acceptors (Lipinski definition) is 8. The fourth-order valence-corrected chi connectivity index (χ4v) is 7.28. The van der Waals surface area contributed by atoms with Gasteiger partial charge >= 0.3 is 0 Å². The molecule has 1 aromatic carbocycles. The third-order valence-electron chi connectivity index (χ3n) is 9.51. The summed E-state index contributed by atoms with van der Waals surface area (Å²) in [6.45, 7) is 8.27. The summed E-state index contributed by atoms with van der Waals surface area (Å²) in [7, 11) is 0. The highest BCUT2D eigenvalue weighted by Gasteiger charge is 2.46. The molecule has 0 aliphatic carbocycles. The molecule has 10 nitrogen and oxygen atoms in total. The topological polar surface area (TPSA) is 96.3 Å². The van der Waals surface area contributed by atoms with Crippen molar-refractivity contribution in [3.63, 3.8) is 0 Å². The van der Waals surface area contributed by atoms with Crippen LogP contribution >= 0.6 is 0 Å². The lowest BCUT2D eigenvalue weighted by Gasteiger charge is -2.43. The minimum absolute atomic E-state index is 0.0505. The Morgan fingerprint density at radius 3 is 2.72 bits per heavy atom. The van der Waals surface area contributed by atoms with Crippen LogP contribution in [0.15, 0.2) is 48.8 Å². The van der Waals surface area contributed by atoms with Crippen LogP contribution in [0.25, 0.3) is 16.9 Å². The number of carbonyl (C=O) groups excluding carboxylic acids is 1. The molecule has 0 saturated carbocycles. The highest BCUT2D eigenvalue weighted by molar-refractivity contribution is 6.06. The number of nitrogens with zero attached hydrogens (tertiary/aromatic N) is 5. The number of pyridine rings is 2. The molecule has 2 saturated heterocycles. The Bertz CT molecular complexity index is 1710. The molecule has 1 amide bonds. The third kappa shape index (κ3) is 4.58. The number of ether oxygens (including phenoxy) is 2. The molecule has 4 aliphatic rings. The van der Waals surface area contributed by atoms with E-state index in [1.165, 1.54) is 17.7 Å². The molecule has 1 spiro atoms. The van der Waals surface area contributed by atoms with E-state index in [1.807, 2.05) is 22.6 Å². The van der Waals surface area contributed by atoms with Gasteiger partial charge in [0.05, 0.1) is 47.6 Å². The van der Waals surface area contributed by atoms with Gasteiger partial charge in [-0.25, -0.2) is 14.4 Å². The van der Waals surface area contributed by atoms with Crippen molar-refractivity contribution in [1.82, 2.24) is 29.5 Å². The van der Waals surface area contributed by atoms with Crippen LogP contribution in [0, 0.1) is 5.82 Å². The number of fused-ring (bicyclic) bond motifs is 4. The molecule has 0 radical (unpaired) electrons. The van der Waals surface area contributed by atoms with Gasteiger partial charge in [0.15, 0.2) is 0 Å². The summed E-state index contributed by atoms with van der Waals surface area (Å²) in [6, 6.07) is 11.0. The van der Waals surface area contributed by atoms with Crippen molar-refractivity contribution in [3.05, 3.63) is 77.0 Å². The number of hydrogen-bond donors (Lipinski definition) is 2. The fraction of sp³-hybridized carbons (Fsp3) is 0.406. The van der Waals surface area contributed by atoms with Crippen LogP contribution < -0.4 is 10.6 Å². The van der Waals surface area contributed by atoms with Gasteiger partial charge in [-0.3, -0.25) is 19.0 Å². The van der Waals surface area contributed by atoms with Gasteiger partial charge in [0, 0.05) is 70.3 Å². The lowest BCUT2D eigenvalue weighted by Crippen LogP contribution is -2.49. The van der Waals surface area contributed by atoms with Crippen molar-refractivity contribution >= 4 is 23.1 Å². The van der Waals surface area contributed by atoms with Crippen molar-refractivity contribution in [1.29, 1.82) is 0 Å². The van der Waals surface area contributed by atoms with Gasteiger partial charge in [-0.15, -0.1) is 0 Å². The first-order chi connectivity index (χ1) is 21.1. The summed E-state index contributed by atoms with van der Waals surface area (Å²) in [5.74, 6) is 0.253. The van der Waals surface area contributed by atoms with E-state index in [1.54, 1.807) is 12.4 Å². The number of imidazole rings is 1. The monoisotopic (exact) mass is 583 g/mol. The molecule has 0 atom stereocenters. The van der Waals surface area contributed by atoms with E-state index in [4.69, 9.17) is 14.5 Å². The van der Waals surface area contributed by atoms with E-state index in [-0.39, 0.29) is 17.3 Å². The molecule has 2 fully saturated rings. The zero-order valence-electron chi connectivity index (χ0n) is 23.9. The normalized spacial score (nSPS) is 20.0. The summed E-state index contributed by atoms with van der Waals surface area (Å²) >= 11 is 0. The SMILES string of the molecule is O=C1NCc2c(-c3cnc4cc(F)ccn34)ccc(Nc3ccc4c(n3)CN(CCN3CCOCC3)C43CCOCC3)c21. The Balaban J connectivity index is 1.09. The second-order valence-corrected chi connectivity index (χ2v) is 11.7. The summed E-state index contributed by atoms with van der Waals surface area (Å²) in [5, 5.41) is 6.44. The van der Waals surface area contributed by atoms with Crippen LogP contribution in [0.1, 0.15) is 40.0 Å². The molecule has 8 rings (SSSR count). The number of nitrogens with one attached hydrogen (secondary N) is 2. The molecule has 0 bridgehead atoms. The number of anilines is 2. The van der Waals surface area contributed by atoms with Crippen LogP contribution in [0.4, 0.5) is 15.9 Å². The van der Waals surface area contributed by atoms with Gasteiger partial charge < -0.3 is 20.1 Å². The van der Waals surface area contributed by atoms with Crippen LogP contribution in [0.5, 0.6) is 0 Å². The van der Waals surface area contributed by atoms with Crippen molar-refractivity contribution in [2.24, 2.45) is 0 Å². The van der Waals surface area contributed by atoms with E-state index < -0.39 is 0 Å². The first-order valence-electron chi connectivity index (χ1n) is 15.1. The molecule has 2 N–H and O–H groups in total. The van der Waals surface area contributed by atoms with E-state index >= 15 is 0 Å². The lowest BCUT2D eigenvalue weighted by atomic mass is 9.83. The highest BCUT2D eigenvalue weighted by Crippen LogP contribution is 2.46. The van der Waals surface area contributed by atoms with Gasteiger partial charge in [-0.05, 0) is 42.2 Å². The van der Waals surface area contributed by atoms with Gasteiger partial charge in [-0.2, -0.15) is 0 Å². The smallest absolute Gasteiger partial charge is 0.254 e. The first kappa shape index (κ1) is 26.7. The minimum Gasteiger partial charge on any atom is -0.381 e. The Morgan fingerprint density at radius 1 is 1.02 bits per heavy atom. The Morgan fingerprint density at radius 2 is 1.86 bits per heavy atom. The minimum atomic E-state index is -0.337. The molecule has 4 aromatic rings. The zero-order chi connectivity index (χ0) is 29.0. The fourth-order valence-electron chi connectivity index (χ4n) is 7.28. The van der Waals surface area contributed by atoms with Crippen molar-refractivity contribution in [3.8, 4) is 11.3 Å². The molecule has 222 valence electrons. The average Bonchev–Trinajstić information content (AvgIpc) is 3.71. The number of aromatic nitrogens is 3. The molecule has 43 heavy (non-hydrogen) atoms. The molecular weight excluding hydrogens is 549 g/mol. The van der Waals surface area contributed by atoms with Crippen molar-refractivity contribution in [2.45, 2.75) is 31.5 Å². The number of rotatable bonds is 6. The predicted octanol–water partition coefficient (Wildman–Crippen LogP) is 3.68. The maximum Gasteiger partial charge on any atom is 0.254 e. The molecule has 4 aliphatic heterocycles. The van der Waals surface area contributed by atoms with E-state index in [0.29, 0.717) is 23.4 Å². The van der Waals surface area contributed by atoms with Crippen LogP contribution in [-0.4, -0.2) is 82.7 Å². The summed E-state index contributed by atoms with van der Waals surface area (Å²) in [5.41, 5.74) is 6.75. The maximum atomic E-state index is 13.8.